The molecule has 1 atom stereocenters. The molecule has 1 aromatic rings. The number of carbonyl (C=O) groups is 2. The van der Waals surface area contributed by atoms with Crippen molar-refractivity contribution in [2.24, 2.45) is 5.92 Å². The smallest absolute Gasteiger partial charge is 0.326 e. The summed E-state index contributed by atoms with van der Waals surface area (Å²) in [7, 11) is 0. The maximum atomic E-state index is 11.8. The Hall–Kier alpha value is -1.01. The zero-order chi connectivity index (χ0) is 15.3. The Morgan fingerprint density at radius 2 is 2.05 bits per heavy atom. The van der Waals surface area contributed by atoms with Gasteiger partial charge in [-0.1, -0.05) is 29.8 Å². The van der Waals surface area contributed by atoms with E-state index in [1.54, 1.807) is 13.8 Å². The molecule has 0 radical (unpaired) electrons. The Morgan fingerprint density at radius 1 is 1.40 bits per heavy atom. The number of carbonyl (C=O) groups excluding carboxylic acids is 1. The number of rotatable bonds is 6. The number of carboxylic acids is 1. The number of halogens is 1. The minimum absolute atomic E-state index is 0.143. The molecule has 6 heteroatoms. The van der Waals surface area contributed by atoms with Crippen LogP contribution in [0.4, 0.5) is 0 Å². The van der Waals surface area contributed by atoms with Crippen LogP contribution in [0, 0.1) is 12.8 Å². The van der Waals surface area contributed by atoms with E-state index in [1.165, 1.54) is 11.8 Å². The number of thioether (sulfide) groups is 1. The van der Waals surface area contributed by atoms with E-state index in [0.717, 1.165) is 14.9 Å². The molecule has 0 heterocycles. The molecule has 1 amide bonds. The van der Waals surface area contributed by atoms with Crippen LogP contribution in [-0.2, 0) is 9.59 Å². The topological polar surface area (TPSA) is 66.4 Å². The third-order valence-electron chi connectivity index (χ3n) is 2.74. The molecule has 0 aromatic heterocycles. The Morgan fingerprint density at radius 3 is 2.55 bits per heavy atom. The number of hydrogen-bond acceptors (Lipinski definition) is 3. The molecule has 0 unspecified atom stereocenters. The number of nitrogens with one attached hydrogen (secondary N) is 1. The summed E-state index contributed by atoms with van der Waals surface area (Å²) in [4.78, 5) is 23.8. The number of hydrogen-bond donors (Lipinski definition) is 2. The van der Waals surface area contributed by atoms with Gasteiger partial charge in [-0.05, 0) is 36.6 Å². The van der Waals surface area contributed by atoms with Gasteiger partial charge in [-0.2, -0.15) is 0 Å². The molecule has 110 valence electrons. The van der Waals surface area contributed by atoms with E-state index in [4.69, 9.17) is 5.11 Å². The van der Waals surface area contributed by atoms with Crippen molar-refractivity contribution in [1.82, 2.24) is 5.32 Å². The van der Waals surface area contributed by atoms with E-state index in [-0.39, 0.29) is 17.6 Å². The van der Waals surface area contributed by atoms with Crippen molar-refractivity contribution >= 4 is 39.6 Å². The van der Waals surface area contributed by atoms with Crippen LogP contribution >= 0.6 is 27.7 Å². The highest BCUT2D eigenvalue weighted by molar-refractivity contribution is 9.10. The van der Waals surface area contributed by atoms with Crippen LogP contribution in [0.25, 0.3) is 0 Å². The van der Waals surface area contributed by atoms with Crippen molar-refractivity contribution < 1.29 is 14.7 Å². The molecule has 0 bridgehead atoms. The lowest BCUT2D eigenvalue weighted by atomic mass is 10.1. The molecule has 2 N–H and O–H groups in total. The van der Waals surface area contributed by atoms with Gasteiger partial charge in [0.15, 0.2) is 0 Å². The fourth-order valence-electron chi connectivity index (χ4n) is 1.65. The summed E-state index contributed by atoms with van der Waals surface area (Å²) in [5.74, 6) is -1.20. The molecular weight excluding hydrogens is 342 g/mol. The first-order chi connectivity index (χ1) is 9.31. The SMILES string of the molecule is Cc1cc(Br)ccc1SCC(=O)N[C@H](C(=O)O)C(C)C. The lowest BCUT2D eigenvalue weighted by Crippen LogP contribution is -2.45. The number of carboxylic acid groups (broad SMARTS) is 1. The Balaban J connectivity index is 2.57. The maximum absolute atomic E-state index is 11.8. The van der Waals surface area contributed by atoms with Gasteiger partial charge in [0, 0.05) is 9.37 Å². The fraction of sp³-hybridized carbons (Fsp3) is 0.429. The van der Waals surface area contributed by atoms with Crippen molar-refractivity contribution in [2.75, 3.05) is 5.75 Å². The molecular formula is C14H18BrNO3S. The first-order valence-corrected chi connectivity index (χ1v) is 8.00. The Bertz CT molecular complexity index is 505. The minimum atomic E-state index is -1.00. The Kier molecular flexibility index (Phi) is 6.55. The molecule has 0 spiro atoms. The lowest BCUT2D eigenvalue weighted by Gasteiger charge is -2.17. The Labute approximate surface area is 131 Å². The van der Waals surface area contributed by atoms with Crippen molar-refractivity contribution in [1.29, 1.82) is 0 Å². The van der Waals surface area contributed by atoms with E-state index >= 15 is 0 Å². The highest BCUT2D eigenvalue weighted by atomic mass is 79.9. The van der Waals surface area contributed by atoms with Crippen LogP contribution in [0.1, 0.15) is 19.4 Å². The van der Waals surface area contributed by atoms with E-state index in [1.807, 2.05) is 25.1 Å². The predicted molar refractivity (Wildman–Crippen MR) is 84.0 cm³/mol. The van der Waals surface area contributed by atoms with E-state index in [9.17, 15) is 9.59 Å². The van der Waals surface area contributed by atoms with Gasteiger partial charge in [0.2, 0.25) is 5.91 Å². The monoisotopic (exact) mass is 359 g/mol. The van der Waals surface area contributed by atoms with Gasteiger partial charge in [-0.3, -0.25) is 4.79 Å². The molecule has 0 aliphatic heterocycles. The fourth-order valence-corrected chi connectivity index (χ4v) is 2.94. The standard InChI is InChI=1S/C14H18BrNO3S/c1-8(2)13(14(18)19)16-12(17)7-20-11-5-4-10(15)6-9(11)3/h4-6,8,13H,7H2,1-3H3,(H,16,17)(H,18,19)/t13-/m0/s1. The first kappa shape index (κ1) is 17.0. The normalized spacial score (nSPS) is 12.2. The van der Waals surface area contributed by atoms with Crippen molar-refractivity contribution in [2.45, 2.75) is 31.7 Å². The number of amides is 1. The van der Waals surface area contributed by atoms with Crippen molar-refractivity contribution in [3.05, 3.63) is 28.2 Å². The van der Waals surface area contributed by atoms with Gasteiger partial charge in [0.25, 0.3) is 0 Å². The molecule has 4 nitrogen and oxygen atoms in total. The molecule has 1 rings (SSSR count). The molecule has 0 aliphatic carbocycles. The minimum Gasteiger partial charge on any atom is -0.480 e. The van der Waals surface area contributed by atoms with E-state index in [0.29, 0.717) is 0 Å². The zero-order valence-corrected chi connectivity index (χ0v) is 14.0. The molecule has 0 aliphatic rings. The first-order valence-electron chi connectivity index (χ1n) is 6.22. The van der Waals surface area contributed by atoms with Crippen molar-refractivity contribution in [3.8, 4) is 0 Å². The summed E-state index contributed by atoms with van der Waals surface area (Å²) in [5.41, 5.74) is 1.08. The summed E-state index contributed by atoms with van der Waals surface area (Å²) in [6.45, 7) is 5.51. The summed E-state index contributed by atoms with van der Waals surface area (Å²) >= 11 is 4.79. The van der Waals surface area contributed by atoms with Crippen LogP contribution in [-0.4, -0.2) is 28.8 Å². The third kappa shape index (κ3) is 5.17. The van der Waals surface area contributed by atoms with E-state index in [2.05, 4.69) is 21.2 Å². The number of aliphatic carboxylic acids is 1. The average molecular weight is 360 g/mol. The molecule has 20 heavy (non-hydrogen) atoms. The third-order valence-corrected chi connectivity index (χ3v) is 4.41. The van der Waals surface area contributed by atoms with Crippen LogP contribution in [0.5, 0.6) is 0 Å². The van der Waals surface area contributed by atoms with Gasteiger partial charge < -0.3 is 10.4 Å². The molecule has 0 fully saturated rings. The lowest BCUT2D eigenvalue weighted by molar-refractivity contribution is -0.142. The highest BCUT2D eigenvalue weighted by Crippen LogP contribution is 2.25. The highest BCUT2D eigenvalue weighted by Gasteiger charge is 2.23. The average Bonchev–Trinajstić information content (AvgIpc) is 2.34. The summed E-state index contributed by atoms with van der Waals surface area (Å²) in [6.07, 6.45) is 0. The second-order valence-corrected chi connectivity index (χ2v) is 6.76. The molecule has 0 saturated carbocycles. The van der Waals surface area contributed by atoms with Crippen LogP contribution in [0.15, 0.2) is 27.6 Å². The van der Waals surface area contributed by atoms with Gasteiger partial charge in [-0.25, -0.2) is 4.79 Å². The summed E-state index contributed by atoms with van der Waals surface area (Å²) < 4.78 is 0.995. The van der Waals surface area contributed by atoms with Gasteiger partial charge in [0.1, 0.15) is 6.04 Å². The predicted octanol–water partition coefficient (Wildman–Crippen LogP) is 3.08. The second kappa shape index (κ2) is 7.69. The van der Waals surface area contributed by atoms with Crippen LogP contribution < -0.4 is 5.32 Å². The van der Waals surface area contributed by atoms with Crippen LogP contribution in [0.2, 0.25) is 0 Å². The van der Waals surface area contributed by atoms with Crippen molar-refractivity contribution in [3.63, 3.8) is 0 Å². The quantitative estimate of drug-likeness (QED) is 0.766. The van der Waals surface area contributed by atoms with Gasteiger partial charge in [0.05, 0.1) is 5.75 Å². The second-order valence-electron chi connectivity index (χ2n) is 4.83. The largest absolute Gasteiger partial charge is 0.480 e. The summed E-state index contributed by atoms with van der Waals surface area (Å²) in [6, 6.07) is 5.00. The van der Waals surface area contributed by atoms with Crippen LogP contribution in [0.3, 0.4) is 0 Å². The van der Waals surface area contributed by atoms with Gasteiger partial charge in [-0.15, -0.1) is 11.8 Å². The number of aryl methyl sites for hydroxylation is 1. The zero-order valence-electron chi connectivity index (χ0n) is 11.6. The molecule has 0 saturated heterocycles. The molecule has 1 aromatic carbocycles. The van der Waals surface area contributed by atoms with E-state index < -0.39 is 12.0 Å². The van der Waals surface area contributed by atoms with Gasteiger partial charge >= 0.3 is 5.97 Å². The maximum Gasteiger partial charge on any atom is 0.326 e. The summed E-state index contributed by atoms with van der Waals surface area (Å²) in [5, 5.41) is 11.6. The number of benzene rings is 1.